The first-order valence-corrected chi connectivity index (χ1v) is 8.61. The average molecular weight is 332 g/mol. The Kier molecular flexibility index (Phi) is 5.03. The lowest BCUT2D eigenvalue weighted by Crippen LogP contribution is -2.42. The first kappa shape index (κ1) is 16.1. The van der Waals surface area contributed by atoms with Crippen molar-refractivity contribution in [1.82, 2.24) is 9.80 Å². The molecular weight excluding hydrogens is 312 g/mol. The highest BCUT2D eigenvalue weighted by atomic mass is 32.2. The molecule has 5 nitrogen and oxygen atoms in total. The van der Waals surface area contributed by atoms with Crippen LogP contribution in [0.3, 0.4) is 0 Å². The lowest BCUT2D eigenvalue weighted by Gasteiger charge is -2.29. The van der Waals surface area contributed by atoms with E-state index in [2.05, 4.69) is 4.90 Å². The molecule has 0 radical (unpaired) electrons. The van der Waals surface area contributed by atoms with Crippen molar-refractivity contribution in [3.8, 4) is 5.75 Å². The van der Waals surface area contributed by atoms with Crippen LogP contribution in [-0.2, 0) is 4.79 Å². The largest absolute Gasteiger partial charge is 0.497 e. The summed E-state index contributed by atoms with van der Waals surface area (Å²) in [6.45, 7) is 2.32. The van der Waals surface area contributed by atoms with Gasteiger partial charge in [-0.2, -0.15) is 0 Å². The Morgan fingerprint density at radius 3 is 2.48 bits per heavy atom. The minimum atomic E-state index is -0.193. The molecular formula is C17H20N2O3S. The lowest BCUT2D eigenvalue weighted by molar-refractivity contribution is -0.124. The van der Waals surface area contributed by atoms with Crippen LogP contribution in [0.2, 0.25) is 0 Å². The van der Waals surface area contributed by atoms with E-state index in [1.165, 1.54) is 11.3 Å². The van der Waals surface area contributed by atoms with Crippen LogP contribution in [0.25, 0.3) is 6.08 Å². The monoisotopic (exact) mass is 332 g/mol. The van der Waals surface area contributed by atoms with Crippen LogP contribution < -0.4 is 4.74 Å². The van der Waals surface area contributed by atoms with Crippen LogP contribution in [0.4, 0.5) is 4.79 Å². The van der Waals surface area contributed by atoms with Crippen LogP contribution in [0, 0.1) is 0 Å². The van der Waals surface area contributed by atoms with Crippen molar-refractivity contribution in [3.05, 3.63) is 34.7 Å². The third-order valence-electron chi connectivity index (χ3n) is 4.08. The quantitative estimate of drug-likeness (QED) is 0.793. The molecule has 122 valence electrons. The standard InChI is InChI=1S/C17H20N2O3S/c1-22-14-7-5-13(6-8-14)11-15-16(20)19(17(21)23-15)12-18-9-3-2-4-10-18/h5-8,11H,2-4,9-10,12H2,1H3/b15-11-. The van der Waals surface area contributed by atoms with E-state index in [1.54, 1.807) is 13.2 Å². The molecule has 0 spiro atoms. The van der Waals surface area contributed by atoms with Gasteiger partial charge in [-0.15, -0.1) is 0 Å². The molecule has 0 aromatic heterocycles. The lowest BCUT2D eigenvalue weighted by atomic mass is 10.1. The van der Waals surface area contributed by atoms with Gasteiger partial charge < -0.3 is 4.74 Å². The van der Waals surface area contributed by atoms with Gasteiger partial charge >= 0.3 is 0 Å². The molecule has 0 atom stereocenters. The third kappa shape index (κ3) is 3.76. The van der Waals surface area contributed by atoms with Gasteiger partial charge in [0, 0.05) is 0 Å². The van der Waals surface area contributed by atoms with Crippen LogP contribution in [0.15, 0.2) is 29.2 Å². The van der Waals surface area contributed by atoms with Gasteiger partial charge in [-0.05, 0) is 61.5 Å². The van der Waals surface area contributed by atoms with Crippen molar-refractivity contribution < 1.29 is 14.3 Å². The fraction of sp³-hybridized carbons (Fsp3) is 0.412. The normalized spacial score (nSPS) is 21.3. The molecule has 0 saturated carbocycles. The number of thioether (sulfide) groups is 1. The van der Waals surface area contributed by atoms with Gasteiger partial charge in [0.15, 0.2) is 0 Å². The van der Waals surface area contributed by atoms with Crippen LogP contribution in [-0.4, -0.2) is 47.8 Å². The Bertz CT molecular complexity index is 621. The highest BCUT2D eigenvalue weighted by Crippen LogP contribution is 2.32. The molecule has 6 heteroatoms. The maximum absolute atomic E-state index is 12.5. The van der Waals surface area contributed by atoms with Crippen molar-refractivity contribution in [2.24, 2.45) is 0 Å². The number of ether oxygens (including phenoxy) is 1. The zero-order valence-electron chi connectivity index (χ0n) is 13.2. The van der Waals surface area contributed by atoms with Gasteiger partial charge in [-0.25, -0.2) is 0 Å². The Balaban J connectivity index is 1.70. The van der Waals surface area contributed by atoms with Crippen LogP contribution in [0.5, 0.6) is 5.75 Å². The number of methoxy groups -OCH3 is 1. The third-order valence-corrected chi connectivity index (χ3v) is 4.98. The summed E-state index contributed by atoms with van der Waals surface area (Å²) in [7, 11) is 1.61. The highest BCUT2D eigenvalue weighted by Gasteiger charge is 2.36. The van der Waals surface area contributed by atoms with Crippen molar-refractivity contribution >= 4 is 29.0 Å². The van der Waals surface area contributed by atoms with Gasteiger partial charge in [0.1, 0.15) is 5.75 Å². The number of amides is 2. The number of nitrogens with zero attached hydrogens (tertiary/aromatic N) is 2. The summed E-state index contributed by atoms with van der Waals surface area (Å²) in [6.07, 6.45) is 5.27. The predicted molar refractivity (Wildman–Crippen MR) is 91.1 cm³/mol. The molecule has 3 rings (SSSR count). The fourth-order valence-electron chi connectivity index (χ4n) is 2.77. The smallest absolute Gasteiger partial charge is 0.294 e. The summed E-state index contributed by atoms with van der Waals surface area (Å²) in [5.41, 5.74) is 0.884. The first-order valence-electron chi connectivity index (χ1n) is 7.79. The highest BCUT2D eigenvalue weighted by molar-refractivity contribution is 8.18. The maximum Gasteiger partial charge on any atom is 0.294 e. The minimum absolute atomic E-state index is 0.180. The van der Waals surface area contributed by atoms with Crippen molar-refractivity contribution in [3.63, 3.8) is 0 Å². The van der Waals surface area contributed by atoms with E-state index in [0.717, 1.165) is 49.0 Å². The molecule has 0 N–H and O–H groups in total. The fourth-order valence-corrected chi connectivity index (χ4v) is 3.61. The summed E-state index contributed by atoms with van der Waals surface area (Å²) >= 11 is 1.02. The minimum Gasteiger partial charge on any atom is -0.497 e. The maximum atomic E-state index is 12.5. The second-order valence-corrected chi connectivity index (χ2v) is 6.70. The SMILES string of the molecule is COc1ccc(/C=C2\SC(=O)N(CN3CCCCC3)C2=O)cc1. The van der Waals surface area contributed by atoms with Gasteiger partial charge in [0.05, 0.1) is 18.7 Å². The summed E-state index contributed by atoms with van der Waals surface area (Å²) < 4.78 is 5.12. The molecule has 2 fully saturated rings. The van der Waals surface area contributed by atoms with E-state index in [-0.39, 0.29) is 11.1 Å². The van der Waals surface area contributed by atoms with E-state index >= 15 is 0 Å². The molecule has 2 aliphatic rings. The first-order chi connectivity index (χ1) is 11.2. The number of likely N-dealkylation sites (tertiary alicyclic amines) is 1. The van der Waals surface area contributed by atoms with Gasteiger partial charge in [-0.3, -0.25) is 19.4 Å². The van der Waals surface area contributed by atoms with E-state index in [9.17, 15) is 9.59 Å². The number of piperidine rings is 1. The number of benzene rings is 1. The molecule has 2 amide bonds. The Morgan fingerprint density at radius 1 is 1.13 bits per heavy atom. The van der Waals surface area contributed by atoms with E-state index in [4.69, 9.17) is 4.74 Å². The Labute approximate surface area is 140 Å². The molecule has 0 aliphatic carbocycles. The Morgan fingerprint density at radius 2 is 1.83 bits per heavy atom. The van der Waals surface area contributed by atoms with Gasteiger partial charge in [0.25, 0.3) is 11.1 Å². The molecule has 2 saturated heterocycles. The summed E-state index contributed by atoms with van der Waals surface area (Å²) in [5, 5.41) is -0.180. The average Bonchev–Trinajstić information content (AvgIpc) is 2.84. The van der Waals surface area contributed by atoms with Crippen molar-refractivity contribution in [2.45, 2.75) is 19.3 Å². The molecule has 23 heavy (non-hydrogen) atoms. The predicted octanol–water partition coefficient (Wildman–Crippen LogP) is 3.17. The van der Waals surface area contributed by atoms with E-state index in [1.807, 2.05) is 24.3 Å². The van der Waals surface area contributed by atoms with Crippen LogP contribution in [0.1, 0.15) is 24.8 Å². The molecule has 2 heterocycles. The Hall–Kier alpha value is -1.79. The second-order valence-electron chi connectivity index (χ2n) is 5.70. The van der Waals surface area contributed by atoms with Crippen LogP contribution >= 0.6 is 11.8 Å². The number of rotatable bonds is 4. The zero-order valence-corrected chi connectivity index (χ0v) is 14.0. The summed E-state index contributed by atoms with van der Waals surface area (Å²) in [5.74, 6) is 0.571. The number of carbonyl (C=O) groups excluding carboxylic acids is 2. The zero-order chi connectivity index (χ0) is 16.2. The molecule has 0 unspecified atom stereocenters. The van der Waals surface area contributed by atoms with E-state index in [0.29, 0.717) is 11.6 Å². The molecule has 2 aliphatic heterocycles. The molecule has 0 bridgehead atoms. The second kappa shape index (κ2) is 7.19. The molecule has 1 aromatic carbocycles. The van der Waals surface area contributed by atoms with Gasteiger partial charge in [0.2, 0.25) is 0 Å². The number of hydrogen-bond acceptors (Lipinski definition) is 5. The number of hydrogen-bond donors (Lipinski definition) is 0. The van der Waals surface area contributed by atoms with E-state index < -0.39 is 0 Å². The topological polar surface area (TPSA) is 49.9 Å². The number of carbonyl (C=O) groups is 2. The molecule has 1 aromatic rings. The van der Waals surface area contributed by atoms with Crippen molar-refractivity contribution in [2.75, 3.05) is 26.9 Å². The summed E-state index contributed by atoms with van der Waals surface area (Å²) in [6, 6.07) is 7.42. The summed E-state index contributed by atoms with van der Waals surface area (Å²) in [4.78, 5) is 28.6. The van der Waals surface area contributed by atoms with Gasteiger partial charge in [-0.1, -0.05) is 18.6 Å². The van der Waals surface area contributed by atoms with Crippen molar-refractivity contribution in [1.29, 1.82) is 0 Å². The number of imide groups is 1.